The second-order valence-electron chi connectivity index (χ2n) is 7.64. The summed E-state index contributed by atoms with van der Waals surface area (Å²) in [6.45, 7) is 9.67. The molecule has 1 aromatic carbocycles. The normalized spacial score (nSPS) is 11.7. The van der Waals surface area contributed by atoms with Crippen LogP contribution in [0.3, 0.4) is 0 Å². The molecule has 2 aromatic heterocycles. The van der Waals surface area contributed by atoms with Gasteiger partial charge in [0.05, 0.1) is 17.4 Å². The lowest BCUT2D eigenvalue weighted by atomic mass is 10.1. The number of carbonyl (C=O) groups is 1. The number of amides is 1. The fourth-order valence-electron chi connectivity index (χ4n) is 3.00. The van der Waals surface area contributed by atoms with Gasteiger partial charge in [0.2, 0.25) is 5.91 Å². The highest BCUT2D eigenvalue weighted by molar-refractivity contribution is 5.90. The molecule has 0 bridgehead atoms. The van der Waals surface area contributed by atoms with Crippen molar-refractivity contribution in [3.05, 3.63) is 52.1 Å². The van der Waals surface area contributed by atoms with Gasteiger partial charge in [0.1, 0.15) is 12.1 Å². The number of carbonyl (C=O) groups excluding carboxylic acids is 1. The minimum Gasteiger partial charge on any atom is -0.324 e. The molecule has 0 aliphatic heterocycles. The summed E-state index contributed by atoms with van der Waals surface area (Å²) in [5, 5.41) is 12.2. The van der Waals surface area contributed by atoms with Gasteiger partial charge in [-0.15, -0.1) is 0 Å². The van der Waals surface area contributed by atoms with Gasteiger partial charge in [0.15, 0.2) is 0 Å². The monoisotopic (exact) mass is 367 g/mol. The molecule has 0 aliphatic rings. The molecule has 142 valence electrons. The number of rotatable bonds is 4. The number of fused-ring (bicyclic) bond motifs is 1. The predicted molar refractivity (Wildman–Crippen MR) is 106 cm³/mol. The van der Waals surface area contributed by atoms with Gasteiger partial charge in [-0.2, -0.15) is 10.2 Å². The Hall–Kier alpha value is -2.96. The van der Waals surface area contributed by atoms with Gasteiger partial charge in [-0.3, -0.25) is 14.3 Å². The number of nitrogens with one attached hydrogen (secondary N) is 1. The maximum atomic E-state index is 12.9. The number of benzene rings is 1. The Balaban J connectivity index is 1.91. The molecule has 2 heterocycles. The lowest BCUT2D eigenvalue weighted by molar-refractivity contribution is -0.117. The van der Waals surface area contributed by atoms with Crippen molar-refractivity contribution < 1.29 is 4.79 Å². The van der Waals surface area contributed by atoms with Crippen LogP contribution in [0.1, 0.15) is 39.0 Å². The Morgan fingerprint density at radius 1 is 1.19 bits per heavy atom. The largest absolute Gasteiger partial charge is 0.324 e. The van der Waals surface area contributed by atoms with E-state index >= 15 is 0 Å². The standard InChI is InChI=1S/C20H25N5O2/c1-6-14-7-9-15(10-8-14)22-17(26)12-24-19(27)18-16(13(2)23-24)11-21-25(18)20(3,4)5/h7-11H,6,12H2,1-5H3,(H,22,26). The molecule has 0 aliphatic carbocycles. The van der Waals surface area contributed by atoms with E-state index in [1.54, 1.807) is 10.9 Å². The van der Waals surface area contributed by atoms with Crippen LogP contribution in [0, 0.1) is 6.92 Å². The van der Waals surface area contributed by atoms with E-state index in [4.69, 9.17) is 0 Å². The predicted octanol–water partition coefficient (Wildman–Crippen LogP) is 2.86. The molecule has 0 atom stereocenters. The maximum absolute atomic E-state index is 12.9. The highest BCUT2D eigenvalue weighted by Gasteiger charge is 2.22. The summed E-state index contributed by atoms with van der Waals surface area (Å²) in [5.41, 5.74) is 2.36. The summed E-state index contributed by atoms with van der Waals surface area (Å²) >= 11 is 0. The molecule has 3 aromatic rings. The number of aromatic nitrogens is 4. The van der Waals surface area contributed by atoms with Gasteiger partial charge < -0.3 is 5.32 Å². The lowest BCUT2D eigenvalue weighted by Gasteiger charge is -2.20. The highest BCUT2D eigenvalue weighted by atomic mass is 16.2. The zero-order valence-electron chi connectivity index (χ0n) is 16.4. The number of hydrogen-bond donors (Lipinski definition) is 1. The molecule has 0 radical (unpaired) electrons. The molecule has 7 heteroatoms. The summed E-state index contributed by atoms with van der Waals surface area (Å²) in [4.78, 5) is 25.4. The molecule has 1 amide bonds. The van der Waals surface area contributed by atoms with Crippen LogP contribution < -0.4 is 10.9 Å². The van der Waals surface area contributed by atoms with Crippen molar-refractivity contribution in [3.63, 3.8) is 0 Å². The van der Waals surface area contributed by atoms with Crippen molar-refractivity contribution in [2.75, 3.05) is 5.32 Å². The van der Waals surface area contributed by atoms with E-state index in [1.165, 1.54) is 10.2 Å². The number of hydrogen-bond acceptors (Lipinski definition) is 4. The Bertz CT molecular complexity index is 1040. The smallest absolute Gasteiger partial charge is 0.293 e. The van der Waals surface area contributed by atoms with Gasteiger partial charge >= 0.3 is 0 Å². The van der Waals surface area contributed by atoms with Crippen LogP contribution in [-0.4, -0.2) is 25.5 Å². The average molecular weight is 367 g/mol. The van der Waals surface area contributed by atoms with Crippen LogP contribution in [0.15, 0.2) is 35.3 Å². The summed E-state index contributed by atoms with van der Waals surface area (Å²) < 4.78 is 2.90. The van der Waals surface area contributed by atoms with Gasteiger partial charge in [-0.25, -0.2) is 4.68 Å². The second-order valence-corrected chi connectivity index (χ2v) is 7.64. The molecule has 27 heavy (non-hydrogen) atoms. The Labute approximate surface area is 158 Å². The third kappa shape index (κ3) is 3.77. The van der Waals surface area contributed by atoms with E-state index in [0.717, 1.165) is 6.42 Å². The molecular weight excluding hydrogens is 342 g/mol. The molecule has 0 saturated carbocycles. The zero-order chi connectivity index (χ0) is 19.8. The van der Waals surface area contributed by atoms with E-state index in [2.05, 4.69) is 22.4 Å². The third-order valence-electron chi connectivity index (χ3n) is 4.44. The van der Waals surface area contributed by atoms with Crippen LogP contribution in [0.2, 0.25) is 0 Å². The third-order valence-corrected chi connectivity index (χ3v) is 4.44. The van der Waals surface area contributed by atoms with E-state index in [1.807, 2.05) is 52.0 Å². The molecular formula is C20H25N5O2. The van der Waals surface area contributed by atoms with Crippen molar-refractivity contribution in [1.29, 1.82) is 0 Å². The molecule has 0 spiro atoms. The lowest BCUT2D eigenvalue weighted by Crippen LogP contribution is -2.33. The van der Waals surface area contributed by atoms with Crippen LogP contribution in [0.4, 0.5) is 5.69 Å². The molecule has 0 fully saturated rings. The molecule has 0 saturated heterocycles. The highest BCUT2D eigenvalue weighted by Crippen LogP contribution is 2.20. The zero-order valence-corrected chi connectivity index (χ0v) is 16.4. The maximum Gasteiger partial charge on any atom is 0.293 e. The fraction of sp³-hybridized carbons (Fsp3) is 0.400. The van der Waals surface area contributed by atoms with Crippen LogP contribution >= 0.6 is 0 Å². The Morgan fingerprint density at radius 3 is 2.44 bits per heavy atom. The van der Waals surface area contributed by atoms with E-state index < -0.39 is 0 Å². The summed E-state index contributed by atoms with van der Waals surface area (Å²) in [5.74, 6) is -0.297. The van der Waals surface area contributed by atoms with E-state index in [9.17, 15) is 9.59 Å². The quantitative estimate of drug-likeness (QED) is 0.769. The van der Waals surface area contributed by atoms with Crippen LogP contribution in [0.5, 0.6) is 0 Å². The van der Waals surface area contributed by atoms with Crippen molar-refractivity contribution in [2.24, 2.45) is 0 Å². The van der Waals surface area contributed by atoms with Crippen molar-refractivity contribution in [2.45, 2.75) is 53.1 Å². The Morgan fingerprint density at radius 2 is 1.85 bits per heavy atom. The molecule has 7 nitrogen and oxygen atoms in total. The minimum absolute atomic E-state index is 0.152. The fourth-order valence-corrected chi connectivity index (χ4v) is 3.00. The topological polar surface area (TPSA) is 81.8 Å². The average Bonchev–Trinajstić information content (AvgIpc) is 3.06. The first kappa shape index (κ1) is 18.8. The van der Waals surface area contributed by atoms with Gasteiger partial charge in [-0.1, -0.05) is 19.1 Å². The van der Waals surface area contributed by atoms with Gasteiger partial charge in [0, 0.05) is 11.1 Å². The first-order valence-electron chi connectivity index (χ1n) is 9.05. The van der Waals surface area contributed by atoms with E-state index in [0.29, 0.717) is 22.3 Å². The minimum atomic E-state index is -0.351. The van der Waals surface area contributed by atoms with Crippen LogP contribution in [0.25, 0.3) is 10.9 Å². The summed E-state index contributed by atoms with van der Waals surface area (Å²) in [7, 11) is 0. The molecule has 1 N–H and O–H groups in total. The molecule has 0 unspecified atom stereocenters. The molecule has 3 rings (SSSR count). The SMILES string of the molecule is CCc1ccc(NC(=O)Cn2nc(C)c3cnn(C(C)(C)C)c3c2=O)cc1. The first-order chi connectivity index (χ1) is 12.7. The summed E-state index contributed by atoms with van der Waals surface area (Å²) in [6, 6.07) is 7.66. The second kappa shape index (κ2) is 6.98. The summed E-state index contributed by atoms with van der Waals surface area (Å²) in [6.07, 6.45) is 2.60. The van der Waals surface area contributed by atoms with Crippen molar-refractivity contribution >= 4 is 22.5 Å². The van der Waals surface area contributed by atoms with Crippen molar-refractivity contribution in [1.82, 2.24) is 19.6 Å². The van der Waals surface area contributed by atoms with E-state index in [-0.39, 0.29) is 23.6 Å². The Kier molecular flexibility index (Phi) is 4.87. The number of anilines is 1. The van der Waals surface area contributed by atoms with Crippen molar-refractivity contribution in [3.8, 4) is 0 Å². The first-order valence-corrected chi connectivity index (χ1v) is 9.05. The van der Waals surface area contributed by atoms with Gasteiger partial charge in [0.25, 0.3) is 5.56 Å². The van der Waals surface area contributed by atoms with Crippen LogP contribution in [-0.2, 0) is 23.3 Å². The van der Waals surface area contributed by atoms with Gasteiger partial charge in [-0.05, 0) is 51.8 Å². The number of nitrogens with zero attached hydrogens (tertiary/aromatic N) is 4. The number of aryl methyl sites for hydroxylation is 2.